The first-order valence-corrected chi connectivity index (χ1v) is 19.2. The fourth-order valence-corrected chi connectivity index (χ4v) is 14.8. The second-order valence-corrected chi connectivity index (χ2v) is 20.5. The van der Waals surface area contributed by atoms with Crippen molar-refractivity contribution in [3.8, 4) is 0 Å². The standard InChI is InChI=1S/C12H33NO4Si4/c1-18-11-9-10-13-12(14)15-20(5,6)17-21(7,8)16-19(2,3)4/h9-11,18H2,1-8H3,(H,13,14). The van der Waals surface area contributed by atoms with E-state index < -0.39 is 25.4 Å². The zero-order valence-corrected chi connectivity index (χ0v) is 19.4. The van der Waals surface area contributed by atoms with Crippen LogP contribution in [0.5, 0.6) is 0 Å². The van der Waals surface area contributed by atoms with Gasteiger partial charge in [0.1, 0.15) is 0 Å². The smallest absolute Gasteiger partial charge is 0.395 e. The van der Waals surface area contributed by atoms with E-state index in [4.69, 9.17) is 12.7 Å². The third-order valence-corrected chi connectivity index (χ3v) is 12.7. The monoisotopic (exact) mass is 367 g/mol. The molecule has 126 valence electrons. The summed E-state index contributed by atoms with van der Waals surface area (Å²) in [6.07, 6.45) is 0.682. The van der Waals surface area contributed by atoms with Crippen LogP contribution in [0.3, 0.4) is 0 Å². The molecule has 0 fully saturated rings. The van der Waals surface area contributed by atoms with Gasteiger partial charge < -0.3 is 18.0 Å². The van der Waals surface area contributed by atoms with Crippen LogP contribution in [-0.4, -0.2) is 47.6 Å². The van der Waals surface area contributed by atoms with Crippen molar-refractivity contribution >= 4 is 41.1 Å². The van der Waals surface area contributed by atoms with Gasteiger partial charge in [0.05, 0.1) is 0 Å². The van der Waals surface area contributed by atoms with E-state index in [1.807, 2.05) is 26.2 Å². The van der Waals surface area contributed by atoms with E-state index in [1.54, 1.807) is 0 Å². The summed E-state index contributed by atoms with van der Waals surface area (Å²) in [6, 6.07) is 1.25. The van der Waals surface area contributed by atoms with Crippen molar-refractivity contribution in [3.63, 3.8) is 0 Å². The first-order chi connectivity index (χ1) is 9.37. The highest BCUT2D eigenvalue weighted by Crippen LogP contribution is 2.21. The maximum absolute atomic E-state index is 11.8. The summed E-state index contributed by atoms with van der Waals surface area (Å²) in [5.74, 6) is 0. The fourth-order valence-electron chi connectivity index (χ4n) is 2.20. The highest BCUT2D eigenvalue weighted by atomic mass is 28.5. The molecule has 0 bridgehead atoms. The van der Waals surface area contributed by atoms with Gasteiger partial charge in [-0.1, -0.05) is 12.6 Å². The number of carbonyl (C=O) groups excluding carboxylic acids is 1. The van der Waals surface area contributed by atoms with E-state index >= 15 is 0 Å². The van der Waals surface area contributed by atoms with E-state index in [-0.39, 0.29) is 15.6 Å². The van der Waals surface area contributed by atoms with Crippen molar-refractivity contribution in [3.05, 3.63) is 0 Å². The first-order valence-electron chi connectivity index (χ1n) is 7.74. The summed E-state index contributed by atoms with van der Waals surface area (Å²) in [5, 5.41) is 2.81. The summed E-state index contributed by atoms with van der Waals surface area (Å²) < 4.78 is 17.8. The van der Waals surface area contributed by atoms with E-state index in [0.717, 1.165) is 6.42 Å². The highest BCUT2D eigenvalue weighted by molar-refractivity contribution is 6.86. The molecule has 0 aromatic rings. The molecule has 5 nitrogen and oxygen atoms in total. The topological polar surface area (TPSA) is 56.8 Å². The molecule has 9 heteroatoms. The Kier molecular flexibility index (Phi) is 8.65. The van der Waals surface area contributed by atoms with Crippen LogP contribution < -0.4 is 5.32 Å². The molecular weight excluding hydrogens is 334 g/mol. The third-order valence-electron chi connectivity index (χ3n) is 2.43. The average Bonchev–Trinajstić information content (AvgIpc) is 2.17. The van der Waals surface area contributed by atoms with Gasteiger partial charge in [-0.05, 0) is 52.2 Å². The van der Waals surface area contributed by atoms with Crippen LogP contribution in [0.25, 0.3) is 0 Å². The van der Waals surface area contributed by atoms with E-state index in [0.29, 0.717) is 6.54 Å². The lowest BCUT2D eigenvalue weighted by molar-refractivity contribution is 0.185. The molecule has 0 spiro atoms. The quantitative estimate of drug-likeness (QED) is 0.503. The molecule has 0 rings (SSSR count). The van der Waals surface area contributed by atoms with Crippen molar-refractivity contribution in [2.24, 2.45) is 0 Å². The van der Waals surface area contributed by atoms with Gasteiger partial charge in [-0.25, -0.2) is 4.79 Å². The molecular formula is C12H33NO4Si4. The molecule has 0 atom stereocenters. The molecule has 1 amide bonds. The Morgan fingerprint density at radius 1 is 1.00 bits per heavy atom. The molecule has 0 heterocycles. The summed E-state index contributed by atoms with van der Waals surface area (Å²) in [4.78, 5) is 11.8. The highest BCUT2D eigenvalue weighted by Gasteiger charge is 2.41. The van der Waals surface area contributed by atoms with E-state index in [1.165, 1.54) is 6.04 Å². The van der Waals surface area contributed by atoms with E-state index in [2.05, 4.69) is 31.5 Å². The lowest BCUT2D eigenvalue weighted by Crippen LogP contribution is -2.54. The lowest BCUT2D eigenvalue weighted by Gasteiger charge is -2.36. The van der Waals surface area contributed by atoms with Crippen LogP contribution in [0.15, 0.2) is 0 Å². The fraction of sp³-hybridized carbons (Fsp3) is 0.917. The van der Waals surface area contributed by atoms with Gasteiger partial charge >= 0.3 is 23.2 Å². The minimum Gasteiger partial charge on any atom is -0.479 e. The Balaban J connectivity index is 4.32. The van der Waals surface area contributed by atoms with Crippen LogP contribution in [-0.2, 0) is 12.7 Å². The summed E-state index contributed by atoms with van der Waals surface area (Å²) in [7, 11) is -6.35. The van der Waals surface area contributed by atoms with Gasteiger partial charge in [-0.15, -0.1) is 0 Å². The number of amides is 1. The maximum Gasteiger partial charge on any atom is 0.395 e. The molecule has 0 saturated heterocycles. The summed E-state index contributed by atoms with van der Waals surface area (Å²) in [6.45, 7) is 17.2. The van der Waals surface area contributed by atoms with Crippen LogP contribution in [0.1, 0.15) is 6.42 Å². The summed E-state index contributed by atoms with van der Waals surface area (Å²) in [5.41, 5.74) is 0. The minimum absolute atomic E-state index is 0.0804. The molecule has 0 aliphatic carbocycles. The second kappa shape index (κ2) is 8.63. The van der Waals surface area contributed by atoms with Crippen molar-refractivity contribution in [2.45, 2.75) is 64.8 Å². The molecule has 0 aliphatic heterocycles. The first kappa shape index (κ1) is 21.1. The second-order valence-electron chi connectivity index (χ2n) is 7.14. The van der Waals surface area contributed by atoms with Crippen molar-refractivity contribution in [1.82, 2.24) is 5.32 Å². The largest absolute Gasteiger partial charge is 0.479 e. The van der Waals surface area contributed by atoms with Gasteiger partial charge in [0.15, 0.2) is 8.32 Å². The molecule has 0 unspecified atom stereocenters. The minimum atomic E-state index is -2.51. The average molecular weight is 368 g/mol. The van der Waals surface area contributed by atoms with Crippen LogP contribution in [0.2, 0.25) is 58.4 Å². The molecule has 0 aliphatic rings. The molecule has 1 N–H and O–H groups in total. The zero-order chi connectivity index (χ0) is 16.7. The number of rotatable bonds is 9. The molecule has 0 saturated carbocycles. The molecule has 0 aromatic carbocycles. The molecule has 0 radical (unpaired) electrons. The predicted octanol–water partition coefficient (Wildman–Crippen LogP) is 3.01. The van der Waals surface area contributed by atoms with Crippen LogP contribution in [0, 0.1) is 0 Å². The van der Waals surface area contributed by atoms with Crippen molar-refractivity contribution in [1.29, 1.82) is 0 Å². The Hall–Kier alpha value is 0.0575. The SMILES string of the molecule is C[SiH2]CCCNC(=O)O[Si](C)(C)O[Si](C)(C)O[Si](C)(C)C. The van der Waals surface area contributed by atoms with Crippen molar-refractivity contribution < 1.29 is 17.5 Å². The number of hydrogen-bond donors (Lipinski definition) is 1. The Labute approximate surface area is 135 Å². The van der Waals surface area contributed by atoms with Gasteiger partial charge in [0.25, 0.3) is 0 Å². The predicted molar refractivity (Wildman–Crippen MR) is 98.8 cm³/mol. The molecule has 0 aromatic heterocycles. The Bertz CT molecular complexity index is 332. The summed E-state index contributed by atoms with van der Waals surface area (Å²) >= 11 is 0. The van der Waals surface area contributed by atoms with Gasteiger partial charge in [0.2, 0.25) is 0 Å². The van der Waals surface area contributed by atoms with Crippen LogP contribution in [0.4, 0.5) is 4.79 Å². The number of nitrogens with one attached hydrogen (secondary N) is 1. The van der Waals surface area contributed by atoms with Crippen LogP contribution >= 0.6 is 0 Å². The normalized spacial score (nSPS) is 13.7. The Morgan fingerprint density at radius 3 is 2.05 bits per heavy atom. The number of carbonyl (C=O) groups is 1. The zero-order valence-electron chi connectivity index (χ0n) is 15.0. The maximum atomic E-state index is 11.8. The van der Waals surface area contributed by atoms with Gasteiger partial charge in [-0.2, -0.15) is 0 Å². The third kappa shape index (κ3) is 12.3. The lowest BCUT2D eigenvalue weighted by atomic mass is 10.5. The van der Waals surface area contributed by atoms with Gasteiger partial charge in [0, 0.05) is 16.1 Å². The number of hydrogen-bond acceptors (Lipinski definition) is 4. The Morgan fingerprint density at radius 2 is 1.57 bits per heavy atom. The molecule has 21 heavy (non-hydrogen) atoms. The van der Waals surface area contributed by atoms with E-state index in [9.17, 15) is 4.79 Å². The van der Waals surface area contributed by atoms with Gasteiger partial charge in [-0.3, -0.25) is 0 Å². The van der Waals surface area contributed by atoms with Crippen molar-refractivity contribution in [2.75, 3.05) is 6.54 Å².